The van der Waals surface area contributed by atoms with Crippen molar-refractivity contribution in [3.63, 3.8) is 0 Å². The molecule has 3 N–H and O–H groups in total. The Labute approximate surface area is 121 Å². The summed E-state index contributed by atoms with van der Waals surface area (Å²) < 4.78 is 5.21. The predicted octanol–water partition coefficient (Wildman–Crippen LogP) is 2.98. The van der Waals surface area contributed by atoms with Crippen molar-refractivity contribution in [1.82, 2.24) is 4.98 Å². The van der Waals surface area contributed by atoms with Crippen molar-refractivity contribution in [2.24, 2.45) is 0 Å². The summed E-state index contributed by atoms with van der Waals surface area (Å²) in [5, 5.41) is 3.74. The van der Waals surface area contributed by atoms with E-state index < -0.39 is 0 Å². The summed E-state index contributed by atoms with van der Waals surface area (Å²) in [6.45, 7) is 0. The SMILES string of the molecule is Nc1ccc(NC(=O)CCc2ccco2)c2cccnc12. The van der Waals surface area contributed by atoms with E-state index >= 15 is 0 Å². The van der Waals surface area contributed by atoms with E-state index in [-0.39, 0.29) is 5.91 Å². The number of nitrogens with two attached hydrogens (primary N) is 1. The Morgan fingerprint density at radius 2 is 2.14 bits per heavy atom. The maximum Gasteiger partial charge on any atom is 0.224 e. The highest BCUT2D eigenvalue weighted by atomic mass is 16.3. The first-order valence-corrected chi connectivity index (χ1v) is 6.69. The van der Waals surface area contributed by atoms with Crippen LogP contribution in [0, 0.1) is 0 Å². The van der Waals surface area contributed by atoms with Crippen LogP contribution in [0.3, 0.4) is 0 Å². The van der Waals surface area contributed by atoms with Crippen LogP contribution in [-0.4, -0.2) is 10.9 Å². The third kappa shape index (κ3) is 2.86. The number of hydrogen-bond acceptors (Lipinski definition) is 4. The number of carbonyl (C=O) groups is 1. The Hall–Kier alpha value is -2.82. The first kappa shape index (κ1) is 13.2. The highest BCUT2D eigenvalue weighted by Crippen LogP contribution is 2.26. The van der Waals surface area contributed by atoms with Crippen molar-refractivity contribution in [1.29, 1.82) is 0 Å². The van der Waals surface area contributed by atoms with Crippen LogP contribution in [0.15, 0.2) is 53.3 Å². The van der Waals surface area contributed by atoms with Crippen LogP contribution in [0.25, 0.3) is 10.9 Å². The molecule has 0 atom stereocenters. The largest absolute Gasteiger partial charge is 0.469 e. The Bertz CT molecular complexity index is 766. The third-order valence-electron chi connectivity index (χ3n) is 3.25. The molecule has 0 saturated heterocycles. The topological polar surface area (TPSA) is 81.1 Å². The van der Waals surface area contributed by atoms with Gasteiger partial charge < -0.3 is 15.5 Å². The van der Waals surface area contributed by atoms with Crippen LogP contribution in [0.4, 0.5) is 11.4 Å². The number of nitrogens with zero attached hydrogens (tertiary/aromatic N) is 1. The van der Waals surface area contributed by atoms with Crippen molar-refractivity contribution in [2.75, 3.05) is 11.1 Å². The molecule has 21 heavy (non-hydrogen) atoms. The molecule has 0 radical (unpaired) electrons. The van der Waals surface area contributed by atoms with Crippen molar-refractivity contribution < 1.29 is 9.21 Å². The zero-order chi connectivity index (χ0) is 14.7. The highest BCUT2D eigenvalue weighted by molar-refractivity contribution is 6.04. The summed E-state index contributed by atoms with van der Waals surface area (Å²) in [5.74, 6) is 0.732. The van der Waals surface area contributed by atoms with Gasteiger partial charge in [-0.2, -0.15) is 0 Å². The summed E-state index contributed by atoms with van der Waals surface area (Å²) in [4.78, 5) is 16.3. The van der Waals surface area contributed by atoms with E-state index in [4.69, 9.17) is 10.2 Å². The van der Waals surface area contributed by atoms with Gasteiger partial charge in [-0.3, -0.25) is 9.78 Å². The number of hydrogen-bond donors (Lipinski definition) is 2. The number of carbonyl (C=O) groups excluding carboxylic acids is 1. The molecule has 5 nitrogen and oxygen atoms in total. The fraction of sp³-hybridized carbons (Fsp3) is 0.125. The number of aromatic nitrogens is 1. The molecule has 2 aromatic heterocycles. The second-order valence-electron chi connectivity index (χ2n) is 4.73. The smallest absolute Gasteiger partial charge is 0.224 e. The van der Waals surface area contributed by atoms with E-state index in [2.05, 4.69) is 10.3 Å². The maximum absolute atomic E-state index is 12.0. The van der Waals surface area contributed by atoms with Crippen molar-refractivity contribution in [3.05, 3.63) is 54.6 Å². The van der Waals surface area contributed by atoms with Crippen LogP contribution in [0.1, 0.15) is 12.2 Å². The average Bonchev–Trinajstić information content (AvgIpc) is 3.02. The van der Waals surface area contributed by atoms with Crippen molar-refractivity contribution >= 4 is 28.2 Å². The lowest BCUT2D eigenvalue weighted by Crippen LogP contribution is -2.12. The number of amides is 1. The van der Waals surface area contributed by atoms with Gasteiger partial charge in [0.15, 0.2) is 0 Å². The summed E-state index contributed by atoms with van der Waals surface area (Å²) in [6.07, 6.45) is 4.22. The molecule has 0 unspecified atom stereocenters. The van der Waals surface area contributed by atoms with Crippen molar-refractivity contribution in [3.8, 4) is 0 Å². The van der Waals surface area contributed by atoms with Gasteiger partial charge >= 0.3 is 0 Å². The minimum Gasteiger partial charge on any atom is -0.469 e. The predicted molar refractivity (Wildman–Crippen MR) is 81.8 cm³/mol. The monoisotopic (exact) mass is 281 g/mol. The number of pyridine rings is 1. The molecule has 0 bridgehead atoms. The van der Waals surface area contributed by atoms with Crippen LogP contribution in [-0.2, 0) is 11.2 Å². The van der Waals surface area contributed by atoms with E-state index in [1.165, 1.54) is 0 Å². The minimum atomic E-state index is -0.0682. The number of rotatable bonds is 4. The van der Waals surface area contributed by atoms with Gasteiger partial charge in [0.05, 0.1) is 23.2 Å². The Kier molecular flexibility index (Phi) is 3.55. The Morgan fingerprint density at radius 3 is 2.95 bits per heavy atom. The molecular weight excluding hydrogens is 266 g/mol. The van der Waals surface area contributed by atoms with Gasteiger partial charge in [0, 0.05) is 24.4 Å². The molecule has 0 aliphatic heterocycles. The third-order valence-corrected chi connectivity index (χ3v) is 3.25. The van der Waals surface area contributed by atoms with Gasteiger partial charge in [-0.1, -0.05) is 0 Å². The summed E-state index contributed by atoms with van der Waals surface area (Å²) in [7, 11) is 0. The van der Waals surface area contributed by atoms with Crippen LogP contribution >= 0.6 is 0 Å². The number of fused-ring (bicyclic) bond motifs is 1. The molecule has 2 heterocycles. The molecule has 106 valence electrons. The molecule has 0 aliphatic carbocycles. The number of nitrogen functional groups attached to an aromatic ring is 1. The highest BCUT2D eigenvalue weighted by Gasteiger charge is 2.09. The number of furan rings is 1. The van der Waals surface area contributed by atoms with E-state index in [0.29, 0.717) is 24.0 Å². The zero-order valence-corrected chi connectivity index (χ0v) is 11.4. The quantitative estimate of drug-likeness (QED) is 0.720. The molecule has 0 aliphatic rings. The first-order chi connectivity index (χ1) is 10.2. The Morgan fingerprint density at radius 1 is 1.24 bits per heavy atom. The summed E-state index contributed by atoms with van der Waals surface area (Å²) in [6, 6.07) is 10.9. The second kappa shape index (κ2) is 5.66. The molecule has 1 aromatic carbocycles. The molecule has 0 fully saturated rings. The van der Waals surface area contributed by atoms with Gasteiger partial charge in [0.1, 0.15) is 5.76 Å². The zero-order valence-electron chi connectivity index (χ0n) is 11.4. The number of aryl methyl sites for hydroxylation is 1. The lowest BCUT2D eigenvalue weighted by atomic mass is 10.1. The fourth-order valence-electron chi connectivity index (χ4n) is 2.21. The maximum atomic E-state index is 12.0. The number of benzene rings is 1. The van der Waals surface area contributed by atoms with E-state index in [0.717, 1.165) is 16.8 Å². The van der Waals surface area contributed by atoms with Gasteiger partial charge in [0.25, 0.3) is 0 Å². The molecular formula is C16H15N3O2. The summed E-state index contributed by atoms with van der Waals surface area (Å²) in [5.41, 5.74) is 7.90. The van der Waals surface area contributed by atoms with Gasteiger partial charge in [0.2, 0.25) is 5.91 Å². The van der Waals surface area contributed by atoms with Crippen LogP contribution in [0.5, 0.6) is 0 Å². The Balaban J connectivity index is 1.75. The fourth-order valence-corrected chi connectivity index (χ4v) is 2.21. The first-order valence-electron chi connectivity index (χ1n) is 6.69. The minimum absolute atomic E-state index is 0.0682. The molecule has 5 heteroatoms. The molecule has 1 amide bonds. The molecule has 3 aromatic rings. The van der Waals surface area contributed by atoms with E-state index in [9.17, 15) is 4.79 Å². The number of anilines is 2. The lowest BCUT2D eigenvalue weighted by molar-refractivity contribution is -0.116. The van der Waals surface area contributed by atoms with Gasteiger partial charge in [-0.05, 0) is 36.4 Å². The molecule has 3 rings (SSSR count). The van der Waals surface area contributed by atoms with Crippen molar-refractivity contribution in [2.45, 2.75) is 12.8 Å². The van der Waals surface area contributed by atoms with Gasteiger partial charge in [-0.15, -0.1) is 0 Å². The lowest BCUT2D eigenvalue weighted by Gasteiger charge is -2.09. The standard InChI is InChI=1S/C16H15N3O2/c17-13-6-7-14(12-4-1-9-18-16(12)13)19-15(20)8-5-11-3-2-10-21-11/h1-4,6-7,9-10H,5,8,17H2,(H,19,20). The molecule has 0 spiro atoms. The summed E-state index contributed by atoms with van der Waals surface area (Å²) >= 11 is 0. The van der Waals surface area contributed by atoms with Crippen LogP contribution in [0.2, 0.25) is 0 Å². The number of nitrogens with one attached hydrogen (secondary N) is 1. The van der Waals surface area contributed by atoms with Crippen LogP contribution < -0.4 is 11.1 Å². The average molecular weight is 281 g/mol. The molecule has 0 saturated carbocycles. The van der Waals surface area contributed by atoms with Gasteiger partial charge in [-0.25, -0.2) is 0 Å². The van der Waals surface area contributed by atoms with E-state index in [1.807, 2.05) is 24.3 Å². The van der Waals surface area contributed by atoms with E-state index in [1.54, 1.807) is 24.6 Å². The normalized spacial score (nSPS) is 10.7. The second-order valence-corrected chi connectivity index (χ2v) is 4.73.